The summed E-state index contributed by atoms with van der Waals surface area (Å²) in [4.78, 5) is 27.3. The van der Waals surface area contributed by atoms with Crippen LogP contribution < -0.4 is 0 Å². The molecule has 0 saturated carbocycles. The SMILES string of the molecule is Cn1ccnc1/C=C/C(=O)CCC(=O)C(C)(C)C. The highest BCUT2D eigenvalue weighted by Crippen LogP contribution is 2.17. The summed E-state index contributed by atoms with van der Waals surface area (Å²) in [5, 5.41) is 0. The van der Waals surface area contributed by atoms with Gasteiger partial charge in [0, 0.05) is 37.7 Å². The summed E-state index contributed by atoms with van der Waals surface area (Å²) in [7, 11) is 1.86. The smallest absolute Gasteiger partial charge is 0.156 e. The maximum atomic E-state index is 11.7. The molecule has 4 heteroatoms. The van der Waals surface area contributed by atoms with Crippen molar-refractivity contribution in [1.82, 2.24) is 9.55 Å². The minimum atomic E-state index is -0.371. The number of aromatic nitrogens is 2. The number of aryl methyl sites for hydroxylation is 1. The number of Topliss-reactive ketones (excluding diaryl/α,β-unsaturated/α-hetero) is 1. The van der Waals surface area contributed by atoms with Gasteiger partial charge < -0.3 is 4.57 Å². The predicted octanol–water partition coefficient (Wildman–Crippen LogP) is 2.40. The van der Waals surface area contributed by atoms with Gasteiger partial charge in [-0.25, -0.2) is 4.98 Å². The fraction of sp³-hybridized carbons (Fsp3) is 0.500. The monoisotopic (exact) mass is 248 g/mol. The standard InChI is InChI=1S/C14H20N2O2/c1-14(2,3)12(18)7-5-11(17)6-8-13-15-9-10-16(13)4/h6,8-10H,5,7H2,1-4H3/b8-6+. The lowest BCUT2D eigenvalue weighted by Gasteiger charge is -2.15. The van der Waals surface area contributed by atoms with E-state index in [-0.39, 0.29) is 23.4 Å². The van der Waals surface area contributed by atoms with E-state index in [0.717, 1.165) is 5.82 Å². The molecule has 0 saturated heterocycles. The normalized spacial score (nSPS) is 12.0. The third-order valence-electron chi connectivity index (χ3n) is 2.71. The van der Waals surface area contributed by atoms with Crippen LogP contribution >= 0.6 is 0 Å². The number of hydrogen-bond acceptors (Lipinski definition) is 3. The number of hydrogen-bond donors (Lipinski definition) is 0. The molecular formula is C14H20N2O2. The molecule has 0 spiro atoms. The van der Waals surface area contributed by atoms with Crippen LogP contribution in [0.3, 0.4) is 0 Å². The van der Waals surface area contributed by atoms with E-state index in [2.05, 4.69) is 4.98 Å². The molecule has 0 unspecified atom stereocenters. The molecule has 1 heterocycles. The van der Waals surface area contributed by atoms with Crippen LogP contribution in [0.2, 0.25) is 0 Å². The Hall–Kier alpha value is -1.71. The van der Waals surface area contributed by atoms with Crippen LogP contribution in [0.15, 0.2) is 18.5 Å². The zero-order chi connectivity index (χ0) is 13.8. The van der Waals surface area contributed by atoms with Crippen molar-refractivity contribution < 1.29 is 9.59 Å². The predicted molar refractivity (Wildman–Crippen MR) is 70.9 cm³/mol. The summed E-state index contributed by atoms with van der Waals surface area (Å²) >= 11 is 0. The van der Waals surface area contributed by atoms with Crippen LogP contribution in [-0.2, 0) is 16.6 Å². The van der Waals surface area contributed by atoms with Gasteiger partial charge in [0.05, 0.1) is 0 Å². The van der Waals surface area contributed by atoms with Gasteiger partial charge in [0.2, 0.25) is 0 Å². The molecule has 1 rings (SSSR count). The van der Waals surface area contributed by atoms with Gasteiger partial charge in [0.25, 0.3) is 0 Å². The van der Waals surface area contributed by atoms with E-state index >= 15 is 0 Å². The zero-order valence-corrected chi connectivity index (χ0v) is 11.4. The van der Waals surface area contributed by atoms with E-state index < -0.39 is 0 Å². The van der Waals surface area contributed by atoms with Gasteiger partial charge in [-0.3, -0.25) is 9.59 Å². The van der Waals surface area contributed by atoms with E-state index in [9.17, 15) is 9.59 Å². The maximum absolute atomic E-state index is 11.7. The summed E-state index contributed by atoms with van der Waals surface area (Å²) < 4.78 is 1.82. The topological polar surface area (TPSA) is 52.0 Å². The molecule has 0 N–H and O–H groups in total. The van der Waals surface area contributed by atoms with E-state index in [1.807, 2.05) is 38.6 Å². The van der Waals surface area contributed by atoms with Crippen LogP contribution in [0.1, 0.15) is 39.4 Å². The molecule has 0 amide bonds. The molecule has 0 fully saturated rings. The first-order valence-corrected chi connectivity index (χ1v) is 6.02. The molecule has 0 aliphatic heterocycles. The van der Waals surface area contributed by atoms with Crippen molar-refractivity contribution in [3.8, 4) is 0 Å². The van der Waals surface area contributed by atoms with Crippen LogP contribution in [0.25, 0.3) is 6.08 Å². The highest BCUT2D eigenvalue weighted by molar-refractivity contribution is 5.96. The second-order valence-electron chi connectivity index (χ2n) is 5.37. The molecule has 98 valence electrons. The number of carbonyl (C=O) groups is 2. The van der Waals surface area contributed by atoms with Gasteiger partial charge in [-0.2, -0.15) is 0 Å². The molecule has 1 aromatic rings. The van der Waals surface area contributed by atoms with E-state index in [4.69, 9.17) is 0 Å². The zero-order valence-electron chi connectivity index (χ0n) is 11.4. The van der Waals surface area contributed by atoms with Gasteiger partial charge in [-0.1, -0.05) is 20.8 Å². The Bertz CT molecular complexity index is 464. The number of ketones is 2. The van der Waals surface area contributed by atoms with Crippen molar-refractivity contribution in [2.75, 3.05) is 0 Å². The van der Waals surface area contributed by atoms with Gasteiger partial charge in [-0.05, 0) is 12.2 Å². The maximum Gasteiger partial charge on any atom is 0.156 e. The molecule has 0 aliphatic carbocycles. The lowest BCUT2D eigenvalue weighted by atomic mass is 9.88. The molecule has 0 aliphatic rings. The Balaban J connectivity index is 2.46. The van der Waals surface area contributed by atoms with Crippen LogP contribution in [0, 0.1) is 5.41 Å². The van der Waals surface area contributed by atoms with E-state index in [1.54, 1.807) is 12.3 Å². The Morgan fingerprint density at radius 2 is 2.00 bits per heavy atom. The van der Waals surface area contributed by atoms with E-state index in [1.165, 1.54) is 6.08 Å². The van der Waals surface area contributed by atoms with Crippen molar-refractivity contribution in [3.05, 3.63) is 24.3 Å². The summed E-state index contributed by atoms with van der Waals surface area (Å²) in [6.45, 7) is 5.59. The first-order chi connectivity index (χ1) is 8.30. The van der Waals surface area contributed by atoms with E-state index in [0.29, 0.717) is 6.42 Å². The Kier molecular flexibility index (Phi) is 4.59. The van der Waals surface area contributed by atoms with Crippen LogP contribution in [0.4, 0.5) is 0 Å². The van der Waals surface area contributed by atoms with Crippen molar-refractivity contribution in [2.45, 2.75) is 33.6 Å². The fourth-order valence-electron chi connectivity index (χ4n) is 1.40. The summed E-state index contributed by atoms with van der Waals surface area (Å²) in [5.41, 5.74) is -0.371. The van der Waals surface area contributed by atoms with Crippen molar-refractivity contribution in [1.29, 1.82) is 0 Å². The van der Waals surface area contributed by atoms with Gasteiger partial charge in [0.1, 0.15) is 11.6 Å². The third kappa shape index (κ3) is 4.28. The molecule has 0 atom stereocenters. The number of allylic oxidation sites excluding steroid dienone is 1. The number of carbonyl (C=O) groups excluding carboxylic acids is 2. The highest BCUT2D eigenvalue weighted by atomic mass is 16.1. The highest BCUT2D eigenvalue weighted by Gasteiger charge is 2.20. The molecule has 0 bridgehead atoms. The molecular weight excluding hydrogens is 228 g/mol. The quantitative estimate of drug-likeness (QED) is 0.752. The molecule has 0 radical (unpaired) electrons. The summed E-state index contributed by atoms with van der Waals surface area (Å²) in [6, 6.07) is 0. The molecule has 1 aromatic heterocycles. The largest absolute Gasteiger partial charge is 0.335 e. The average molecular weight is 248 g/mol. The Labute approximate surface area is 108 Å². The second kappa shape index (κ2) is 5.76. The second-order valence-corrected chi connectivity index (χ2v) is 5.37. The molecule has 0 aromatic carbocycles. The molecule has 18 heavy (non-hydrogen) atoms. The lowest BCUT2D eigenvalue weighted by Crippen LogP contribution is -2.20. The third-order valence-corrected chi connectivity index (χ3v) is 2.71. The minimum Gasteiger partial charge on any atom is -0.335 e. The summed E-state index contributed by atoms with van der Waals surface area (Å²) in [5.74, 6) is 0.794. The minimum absolute atomic E-state index is 0.0457. The van der Waals surface area contributed by atoms with Gasteiger partial charge in [-0.15, -0.1) is 0 Å². The Morgan fingerprint density at radius 1 is 1.33 bits per heavy atom. The first-order valence-electron chi connectivity index (χ1n) is 6.02. The van der Waals surface area contributed by atoms with Gasteiger partial charge >= 0.3 is 0 Å². The van der Waals surface area contributed by atoms with Gasteiger partial charge in [0.15, 0.2) is 5.78 Å². The van der Waals surface area contributed by atoms with Crippen molar-refractivity contribution >= 4 is 17.6 Å². The Morgan fingerprint density at radius 3 is 2.50 bits per heavy atom. The molecule has 4 nitrogen and oxygen atoms in total. The van der Waals surface area contributed by atoms with Crippen molar-refractivity contribution in [2.24, 2.45) is 12.5 Å². The average Bonchev–Trinajstić information content (AvgIpc) is 2.67. The van der Waals surface area contributed by atoms with Crippen LogP contribution in [-0.4, -0.2) is 21.1 Å². The number of rotatable bonds is 5. The fourth-order valence-corrected chi connectivity index (χ4v) is 1.40. The number of nitrogens with zero attached hydrogens (tertiary/aromatic N) is 2. The lowest BCUT2D eigenvalue weighted by molar-refractivity contribution is -0.128. The van der Waals surface area contributed by atoms with Crippen LogP contribution in [0.5, 0.6) is 0 Å². The first kappa shape index (κ1) is 14.4. The number of imidazole rings is 1. The van der Waals surface area contributed by atoms with Crippen molar-refractivity contribution in [3.63, 3.8) is 0 Å². The summed E-state index contributed by atoms with van der Waals surface area (Å²) in [6.07, 6.45) is 7.20.